The lowest BCUT2D eigenvalue weighted by atomic mass is 10.2. The SMILES string of the molecule is O=C(O)CN(C(=O)c1cscn1)c1ccc(Cl)cc1. The molecule has 1 aromatic carbocycles. The number of hydrogen-bond donors (Lipinski definition) is 1. The molecular weight excluding hydrogens is 288 g/mol. The fourth-order valence-electron chi connectivity index (χ4n) is 1.49. The molecule has 19 heavy (non-hydrogen) atoms. The van der Waals surface area contributed by atoms with Crippen LogP contribution in [0, 0.1) is 0 Å². The van der Waals surface area contributed by atoms with Gasteiger partial charge in [0, 0.05) is 16.1 Å². The third kappa shape index (κ3) is 3.30. The van der Waals surface area contributed by atoms with E-state index in [1.54, 1.807) is 29.6 Å². The summed E-state index contributed by atoms with van der Waals surface area (Å²) in [5, 5.41) is 11.0. The molecule has 0 aliphatic carbocycles. The maximum Gasteiger partial charge on any atom is 0.323 e. The minimum atomic E-state index is -1.10. The number of thiazole rings is 1. The van der Waals surface area contributed by atoms with Crippen LogP contribution in [0.2, 0.25) is 5.02 Å². The third-order valence-corrected chi connectivity index (χ3v) is 3.17. The van der Waals surface area contributed by atoms with E-state index < -0.39 is 18.4 Å². The zero-order valence-corrected chi connectivity index (χ0v) is 11.2. The highest BCUT2D eigenvalue weighted by molar-refractivity contribution is 7.07. The van der Waals surface area contributed by atoms with E-state index in [4.69, 9.17) is 16.7 Å². The molecule has 0 aliphatic heterocycles. The Labute approximate surface area is 118 Å². The topological polar surface area (TPSA) is 70.5 Å². The number of hydrogen-bond acceptors (Lipinski definition) is 4. The van der Waals surface area contributed by atoms with Gasteiger partial charge in [-0.1, -0.05) is 11.6 Å². The standard InChI is InChI=1S/C12H9ClN2O3S/c13-8-1-3-9(4-2-8)15(5-11(16)17)12(18)10-6-19-7-14-10/h1-4,6-7H,5H2,(H,16,17). The Balaban J connectivity index is 2.33. The maximum atomic E-state index is 12.2. The van der Waals surface area contributed by atoms with Crippen molar-refractivity contribution in [1.82, 2.24) is 4.98 Å². The van der Waals surface area contributed by atoms with E-state index in [1.807, 2.05) is 0 Å². The highest BCUT2D eigenvalue weighted by atomic mass is 35.5. The molecule has 2 rings (SSSR count). The van der Waals surface area contributed by atoms with E-state index in [1.165, 1.54) is 16.8 Å². The molecule has 0 spiro atoms. The summed E-state index contributed by atoms with van der Waals surface area (Å²) in [7, 11) is 0. The number of benzene rings is 1. The molecule has 0 fully saturated rings. The summed E-state index contributed by atoms with van der Waals surface area (Å²) in [5.41, 5.74) is 2.21. The molecule has 0 bridgehead atoms. The lowest BCUT2D eigenvalue weighted by Gasteiger charge is -2.19. The Morgan fingerprint density at radius 3 is 2.53 bits per heavy atom. The number of nitrogens with zero attached hydrogens (tertiary/aromatic N) is 2. The third-order valence-electron chi connectivity index (χ3n) is 2.33. The number of amides is 1. The van der Waals surface area contributed by atoms with E-state index >= 15 is 0 Å². The second-order valence-corrected chi connectivity index (χ2v) is 4.79. The zero-order valence-electron chi connectivity index (χ0n) is 9.62. The van der Waals surface area contributed by atoms with E-state index in [9.17, 15) is 9.59 Å². The van der Waals surface area contributed by atoms with Crippen LogP contribution in [0.15, 0.2) is 35.2 Å². The number of carbonyl (C=O) groups is 2. The van der Waals surface area contributed by atoms with Crippen molar-refractivity contribution >= 4 is 40.5 Å². The summed E-state index contributed by atoms with van der Waals surface area (Å²) in [6.07, 6.45) is 0. The fraction of sp³-hybridized carbons (Fsp3) is 0.0833. The molecule has 1 aromatic heterocycles. The zero-order chi connectivity index (χ0) is 13.8. The van der Waals surface area contributed by atoms with Gasteiger partial charge in [0.2, 0.25) is 0 Å². The first kappa shape index (κ1) is 13.5. The molecule has 0 radical (unpaired) electrons. The maximum absolute atomic E-state index is 12.2. The van der Waals surface area contributed by atoms with Gasteiger partial charge < -0.3 is 5.11 Å². The number of carboxylic acids is 1. The van der Waals surface area contributed by atoms with Gasteiger partial charge in [0.05, 0.1) is 5.51 Å². The Hall–Kier alpha value is -1.92. The summed E-state index contributed by atoms with van der Waals surface area (Å²) in [4.78, 5) is 28.1. The molecule has 1 N–H and O–H groups in total. The second kappa shape index (κ2) is 5.81. The predicted octanol–water partition coefficient (Wildman–Crippen LogP) is 2.53. The highest BCUT2D eigenvalue weighted by Gasteiger charge is 2.21. The quantitative estimate of drug-likeness (QED) is 0.941. The van der Waals surface area contributed by atoms with E-state index in [-0.39, 0.29) is 5.69 Å². The van der Waals surface area contributed by atoms with Gasteiger partial charge in [0.1, 0.15) is 12.2 Å². The Morgan fingerprint density at radius 2 is 2.00 bits per heavy atom. The molecule has 0 aliphatic rings. The number of halogens is 1. The van der Waals surface area contributed by atoms with Crippen molar-refractivity contribution < 1.29 is 14.7 Å². The van der Waals surface area contributed by atoms with Gasteiger partial charge in [0.25, 0.3) is 5.91 Å². The number of carboxylic acid groups (broad SMARTS) is 1. The van der Waals surface area contributed by atoms with Crippen LogP contribution in [0.4, 0.5) is 5.69 Å². The Bertz CT molecular complexity index is 584. The molecule has 2 aromatic rings. The molecule has 98 valence electrons. The first-order valence-electron chi connectivity index (χ1n) is 5.25. The van der Waals surface area contributed by atoms with Crippen LogP contribution < -0.4 is 4.90 Å². The fourth-order valence-corrected chi connectivity index (χ4v) is 2.14. The van der Waals surface area contributed by atoms with Gasteiger partial charge in [-0.25, -0.2) is 4.98 Å². The van der Waals surface area contributed by atoms with Crippen molar-refractivity contribution in [3.63, 3.8) is 0 Å². The minimum absolute atomic E-state index is 0.223. The summed E-state index contributed by atoms with van der Waals surface area (Å²) in [6, 6.07) is 6.38. The predicted molar refractivity (Wildman–Crippen MR) is 72.9 cm³/mol. The number of carbonyl (C=O) groups excluding carboxylic acids is 1. The first-order valence-corrected chi connectivity index (χ1v) is 6.57. The average molecular weight is 297 g/mol. The number of aromatic nitrogens is 1. The van der Waals surface area contributed by atoms with Crippen molar-refractivity contribution in [1.29, 1.82) is 0 Å². The molecule has 1 amide bonds. The van der Waals surface area contributed by atoms with Crippen LogP contribution in [0.3, 0.4) is 0 Å². The van der Waals surface area contributed by atoms with Gasteiger partial charge in [-0.05, 0) is 24.3 Å². The lowest BCUT2D eigenvalue weighted by molar-refractivity contribution is -0.135. The van der Waals surface area contributed by atoms with Gasteiger partial charge >= 0.3 is 5.97 Å². The Kier molecular flexibility index (Phi) is 4.13. The molecule has 7 heteroatoms. The average Bonchev–Trinajstić information content (AvgIpc) is 2.90. The van der Waals surface area contributed by atoms with Crippen LogP contribution >= 0.6 is 22.9 Å². The highest BCUT2D eigenvalue weighted by Crippen LogP contribution is 2.20. The van der Waals surface area contributed by atoms with E-state index in [0.717, 1.165) is 4.90 Å². The minimum Gasteiger partial charge on any atom is -0.480 e. The summed E-state index contributed by atoms with van der Waals surface area (Å²) < 4.78 is 0. The molecule has 5 nitrogen and oxygen atoms in total. The molecule has 0 unspecified atom stereocenters. The van der Waals surface area contributed by atoms with Crippen molar-refractivity contribution in [2.45, 2.75) is 0 Å². The molecular formula is C12H9ClN2O3S. The van der Waals surface area contributed by atoms with Crippen LogP contribution in [-0.4, -0.2) is 28.5 Å². The smallest absolute Gasteiger partial charge is 0.323 e. The van der Waals surface area contributed by atoms with Crippen LogP contribution in [0.5, 0.6) is 0 Å². The van der Waals surface area contributed by atoms with Gasteiger partial charge in [0.15, 0.2) is 0 Å². The van der Waals surface area contributed by atoms with Crippen LogP contribution in [-0.2, 0) is 4.79 Å². The van der Waals surface area contributed by atoms with E-state index in [2.05, 4.69) is 4.98 Å². The van der Waals surface area contributed by atoms with Crippen molar-refractivity contribution in [2.75, 3.05) is 11.4 Å². The number of aliphatic carboxylic acids is 1. The van der Waals surface area contributed by atoms with E-state index in [0.29, 0.717) is 10.7 Å². The molecule has 1 heterocycles. The van der Waals surface area contributed by atoms with Gasteiger partial charge in [-0.15, -0.1) is 11.3 Å². The van der Waals surface area contributed by atoms with Crippen molar-refractivity contribution in [3.05, 3.63) is 45.9 Å². The van der Waals surface area contributed by atoms with Crippen LogP contribution in [0.25, 0.3) is 0 Å². The summed E-state index contributed by atoms with van der Waals surface area (Å²) >= 11 is 7.05. The van der Waals surface area contributed by atoms with Crippen molar-refractivity contribution in [2.24, 2.45) is 0 Å². The van der Waals surface area contributed by atoms with Gasteiger partial charge in [-0.2, -0.15) is 0 Å². The molecule has 0 saturated carbocycles. The summed E-state index contributed by atoms with van der Waals surface area (Å²) in [6.45, 7) is -0.433. The Morgan fingerprint density at radius 1 is 1.32 bits per heavy atom. The molecule has 0 saturated heterocycles. The second-order valence-electron chi connectivity index (χ2n) is 3.64. The first-order chi connectivity index (χ1) is 9.08. The van der Waals surface area contributed by atoms with Gasteiger partial charge in [-0.3, -0.25) is 14.5 Å². The van der Waals surface area contributed by atoms with Crippen LogP contribution in [0.1, 0.15) is 10.5 Å². The number of rotatable bonds is 4. The normalized spacial score (nSPS) is 10.2. The van der Waals surface area contributed by atoms with Crippen molar-refractivity contribution in [3.8, 4) is 0 Å². The largest absolute Gasteiger partial charge is 0.480 e. The lowest BCUT2D eigenvalue weighted by Crippen LogP contribution is -2.35. The summed E-state index contributed by atoms with van der Waals surface area (Å²) in [5.74, 6) is -1.55. The monoisotopic (exact) mass is 296 g/mol. The molecule has 0 atom stereocenters. The number of anilines is 1.